The maximum absolute atomic E-state index is 8.67. The average Bonchev–Trinajstić information content (AvgIpc) is 2.19. The molecule has 0 radical (unpaired) electrons. The molecule has 0 amide bonds. The average molecular weight is 185 g/mol. The summed E-state index contributed by atoms with van der Waals surface area (Å²) in [5.74, 6) is 0.939. The first-order valence-electron chi connectivity index (χ1n) is 5.70. The molecule has 0 aromatic heterocycles. The SMILES string of the molecule is CCN1CCC(CCCCO)CC1. The minimum atomic E-state index is 0.369. The van der Waals surface area contributed by atoms with Crippen LogP contribution in [0.15, 0.2) is 0 Å². The fourth-order valence-electron chi connectivity index (χ4n) is 2.14. The highest BCUT2D eigenvalue weighted by Gasteiger charge is 2.16. The molecule has 0 aliphatic carbocycles. The second-order valence-corrected chi connectivity index (χ2v) is 4.10. The third-order valence-electron chi connectivity index (χ3n) is 3.17. The number of aliphatic hydroxyl groups is 1. The molecule has 1 aliphatic rings. The van der Waals surface area contributed by atoms with Gasteiger partial charge in [-0.25, -0.2) is 0 Å². The fourth-order valence-corrected chi connectivity index (χ4v) is 2.14. The highest BCUT2D eigenvalue weighted by molar-refractivity contribution is 4.71. The Balaban J connectivity index is 2.03. The first kappa shape index (κ1) is 11.0. The van der Waals surface area contributed by atoms with E-state index in [-0.39, 0.29) is 0 Å². The van der Waals surface area contributed by atoms with E-state index in [1.807, 2.05) is 0 Å². The van der Waals surface area contributed by atoms with E-state index < -0.39 is 0 Å². The zero-order valence-corrected chi connectivity index (χ0v) is 8.84. The first-order valence-corrected chi connectivity index (χ1v) is 5.70. The molecule has 1 fully saturated rings. The van der Waals surface area contributed by atoms with E-state index in [1.54, 1.807) is 0 Å². The molecule has 0 atom stereocenters. The first-order chi connectivity index (χ1) is 6.36. The quantitative estimate of drug-likeness (QED) is 0.661. The monoisotopic (exact) mass is 185 g/mol. The van der Waals surface area contributed by atoms with Gasteiger partial charge in [0.2, 0.25) is 0 Å². The molecule has 1 rings (SSSR count). The van der Waals surface area contributed by atoms with E-state index in [0.717, 1.165) is 12.3 Å². The molecule has 0 unspecified atom stereocenters. The predicted molar refractivity (Wildman–Crippen MR) is 55.8 cm³/mol. The van der Waals surface area contributed by atoms with E-state index in [0.29, 0.717) is 6.61 Å². The van der Waals surface area contributed by atoms with Crippen LogP contribution < -0.4 is 0 Å². The predicted octanol–water partition coefficient (Wildman–Crippen LogP) is 1.88. The highest BCUT2D eigenvalue weighted by atomic mass is 16.2. The van der Waals surface area contributed by atoms with Gasteiger partial charge in [0.1, 0.15) is 0 Å². The van der Waals surface area contributed by atoms with Gasteiger partial charge in [-0.3, -0.25) is 0 Å². The van der Waals surface area contributed by atoms with Crippen molar-refractivity contribution < 1.29 is 5.11 Å². The normalized spacial score (nSPS) is 20.8. The van der Waals surface area contributed by atoms with Crippen LogP contribution in [0, 0.1) is 5.92 Å². The minimum Gasteiger partial charge on any atom is -0.396 e. The minimum absolute atomic E-state index is 0.369. The number of rotatable bonds is 5. The van der Waals surface area contributed by atoms with E-state index >= 15 is 0 Å². The van der Waals surface area contributed by atoms with Crippen molar-refractivity contribution in [2.75, 3.05) is 26.2 Å². The van der Waals surface area contributed by atoms with Gasteiger partial charge < -0.3 is 10.0 Å². The number of piperidine rings is 1. The largest absolute Gasteiger partial charge is 0.396 e. The summed E-state index contributed by atoms with van der Waals surface area (Å²) < 4.78 is 0. The Morgan fingerprint density at radius 2 is 1.92 bits per heavy atom. The summed E-state index contributed by atoms with van der Waals surface area (Å²) in [5.41, 5.74) is 0. The van der Waals surface area contributed by atoms with Gasteiger partial charge in [0.25, 0.3) is 0 Å². The van der Waals surface area contributed by atoms with Gasteiger partial charge in [0.15, 0.2) is 0 Å². The van der Waals surface area contributed by atoms with Crippen molar-refractivity contribution in [2.45, 2.75) is 39.0 Å². The summed E-state index contributed by atoms with van der Waals surface area (Å²) in [6.07, 6.45) is 6.29. The molecular formula is C11H23NO. The van der Waals surface area contributed by atoms with E-state index in [4.69, 9.17) is 5.11 Å². The summed E-state index contributed by atoms with van der Waals surface area (Å²) in [4.78, 5) is 2.53. The van der Waals surface area contributed by atoms with Crippen LogP contribution in [-0.4, -0.2) is 36.2 Å². The number of nitrogens with zero attached hydrogens (tertiary/aromatic N) is 1. The second kappa shape index (κ2) is 6.39. The summed E-state index contributed by atoms with van der Waals surface area (Å²) >= 11 is 0. The lowest BCUT2D eigenvalue weighted by molar-refractivity contribution is 0.182. The molecule has 13 heavy (non-hydrogen) atoms. The van der Waals surface area contributed by atoms with Crippen LogP contribution in [0.3, 0.4) is 0 Å². The molecule has 1 aliphatic heterocycles. The van der Waals surface area contributed by atoms with Crippen molar-refractivity contribution in [1.82, 2.24) is 4.90 Å². The van der Waals surface area contributed by atoms with Gasteiger partial charge in [-0.15, -0.1) is 0 Å². The Morgan fingerprint density at radius 3 is 2.46 bits per heavy atom. The van der Waals surface area contributed by atoms with Crippen LogP contribution >= 0.6 is 0 Å². The Labute approximate surface area is 81.9 Å². The molecule has 2 nitrogen and oxygen atoms in total. The van der Waals surface area contributed by atoms with Gasteiger partial charge in [-0.05, 0) is 44.8 Å². The Hall–Kier alpha value is -0.0800. The van der Waals surface area contributed by atoms with E-state index in [9.17, 15) is 0 Å². The Kier molecular flexibility index (Phi) is 5.40. The van der Waals surface area contributed by atoms with Crippen molar-refractivity contribution in [3.05, 3.63) is 0 Å². The summed E-state index contributed by atoms with van der Waals surface area (Å²) in [6, 6.07) is 0. The molecule has 78 valence electrons. The third kappa shape index (κ3) is 4.10. The van der Waals surface area contributed by atoms with Gasteiger partial charge >= 0.3 is 0 Å². The van der Waals surface area contributed by atoms with Crippen molar-refractivity contribution in [3.8, 4) is 0 Å². The summed E-state index contributed by atoms with van der Waals surface area (Å²) in [6.45, 7) is 6.41. The lowest BCUT2D eigenvalue weighted by Gasteiger charge is -2.30. The highest BCUT2D eigenvalue weighted by Crippen LogP contribution is 2.21. The molecule has 2 heteroatoms. The number of likely N-dealkylation sites (tertiary alicyclic amines) is 1. The molecule has 0 spiro atoms. The van der Waals surface area contributed by atoms with Gasteiger partial charge in [-0.2, -0.15) is 0 Å². The van der Waals surface area contributed by atoms with Crippen LogP contribution in [0.4, 0.5) is 0 Å². The molecule has 0 bridgehead atoms. The maximum atomic E-state index is 8.67. The number of aliphatic hydroxyl groups excluding tert-OH is 1. The Morgan fingerprint density at radius 1 is 1.23 bits per heavy atom. The standard InChI is InChI=1S/C11H23NO/c1-2-12-8-6-11(7-9-12)5-3-4-10-13/h11,13H,2-10H2,1H3. The van der Waals surface area contributed by atoms with Crippen molar-refractivity contribution in [1.29, 1.82) is 0 Å². The molecule has 0 aromatic rings. The molecule has 1 heterocycles. The lowest BCUT2D eigenvalue weighted by Crippen LogP contribution is -2.33. The van der Waals surface area contributed by atoms with Crippen molar-refractivity contribution in [3.63, 3.8) is 0 Å². The zero-order valence-electron chi connectivity index (χ0n) is 8.84. The van der Waals surface area contributed by atoms with Crippen molar-refractivity contribution in [2.24, 2.45) is 5.92 Å². The zero-order chi connectivity index (χ0) is 9.52. The van der Waals surface area contributed by atoms with E-state index in [2.05, 4.69) is 11.8 Å². The summed E-state index contributed by atoms with van der Waals surface area (Å²) in [7, 11) is 0. The van der Waals surface area contributed by atoms with Crippen molar-refractivity contribution >= 4 is 0 Å². The van der Waals surface area contributed by atoms with Crippen LogP contribution in [0.2, 0.25) is 0 Å². The van der Waals surface area contributed by atoms with Gasteiger partial charge in [0, 0.05) is 6.61 Å². The van der Waals surface area contributed by atoms with Crippen LogP contribution in [0.5, 0.6) is 0 Å². The van der Waals surface area contributed by atoms with Gasteiger partial charge in [-0.1, -0.05) is 19.8 Å². The smallest absolute Gasteiger partial charge is 0.0431 e. The topological polar surface area (TPSA) is 23.5 Å². The number of hydrogen-bond donors (Lipinski definition) is 1. The molecule has 0 aromatic carbocycles. The molecule has 1 saturated heterocycles. The van der Waals surface area contributed by atoms with Crippen LogP contribution in [-0.2, 0) is 0 Å². The van der Waals surface area contributed by atoms with Crippen LogP contribution in [0.25, 0.3) is 0 Å². The third-order valence-corrected chi connectivity index (χ3v) is 3.17. The summed E-state index contributed by atoms with van der Waals surface area (Å²) in [5, 5.41) is 8.67. The van der Waals surface area contributed by atoms with E-state index in [1.165, 1.54) is 45.3 Å². The van der Waals surface area contributed by atoms with Gasteiger partial charge in [0.05, 0.1) is 0 Å². The Bertz CT molecular complexity index is 117. The molecule has 0 saturated carbocycles. The molecule has 1 N–H and O–H groups in total. The fraction of sp³-hybridized carbons (Fsp3) is 1.00. The number of unbranched alkanes of at least 4 members (excludes halogenated alkanes) is 1. The lowest BCUT2D eigenvalue weighted by atomic mass is 9.92. The van der Waals surface area contributed by atoms with Crippen LogP contribution in [0.1, 0.15) is 39.0 Å². The second-order valence-electron chi connectivity index (χ2n) is 4.10. The number of hydrogen-bond acceptors (Lipinski definition) is 2. The molecular weight excluding hydrogens is 162 g/mol. The maximum Gasteiger partial charge on any atom is 0.0431 e.